The Morgan fingerprint density at radius 1 is 0.362 bits per heavy atom. The molecule has 0 aliphatic heterocycles. The van der Waals surface area contributed by atoms with Crippen molar-refractivity contribution in [2.75, 3.05) is 4.90 Å². The average molecular weight is 604 g/mol. The first-order valence-electron chi connectivity index (χ1n) is 16.7. The second-order valence-corrected chi connectivity index (χ2v) is 14.2. The van der Waals surface area contributed by atoms with E-state index in [9.17, 15) is 0 Å². The number of hydrogen-bond donors (Lipinski definition) is 0. The Balaban J connectivity index is 1.26. The molecule has 0 fully saturated rings. The van der Waals surface area contributed by atoms with Crippen LogP contribution in [0.1, 0.15) is 49.9 Å². The van der Waals surface area contributed by atoms with Crippen LogP contribution in [-0.2, 0) is 10.8 Å². The predicted octanol–water partition coefficient (Wildman–Crippen LogP) is 12.6. The first kappa shape index (κ1) is 27.9. The van der Waals surface area contributed by atoms with Gasteiger partial charge >= 0.3 is 0 Å². The van der Waals surface area contributed by atoms with Crippen molar-refractivity contribution in [1.82, 2.24) is 0 Å². The van der Waals surface area contributed by atoms with Gasteiger partial charge in [0.1, 0.15) is 0 Å². The zero-order valence-electron chi connectivity index (χ0n) is 27.4. The monoisotopic (exact) mass is 603 g/mol. The normalized spacial score (nSPS) is 14.7. The molecule has 47 heavy (non-hydrogen) atoms. The predicted molar refractivity (Wildman–Crippen MR) is 199 cm³/mol. The third-order valence-corrected chi connectivity index (χ3v) is 10.9. The highest BCUT2D eigenvalue weighted by atomic mass is 15.1. The van der Waals surface area contributed by atoms with Crippen molar-refractivity contribution in [1.29, 1.82) is 0 Å². The second kappa shape index (κ2) is 10.0. The van der Waals surface area contributed by atoms with Crippen molar-refractivity contribution >= 4 is 27.8 Å². The number of benzene rings is 7. The van der Waals surface area contributed by atoms with Crippen LogP contribution in [0, 0.1) is 0 Å². The van der Waals surface area contributed by atoms with E-state index in [2.05, 4.69) is 184 Å². The molecule has 0 spiro atoms. The van der Waals surface area contributed by atoms with Crippen molar-refractivity contribution in [2.45, 2.75) is 38.5 Å². The minimum atomic E-state index is -0.0840. The Morgan fingerprint density at radius 2 is 0.894 bits per heavy atom. The van der Waals surface area contributed by atoms with Gasteiger partial charge in [-0.15, -0.1) is 0 Å². The molecular formula is C46H37N. The van der Waals surface area contributed by atoms with Crippen LogP contribution in [-0.4, -0.2) is 0 Å². The largest absolute Gasteiger partial charge is 0.310 e. The summed E-state index contributed by atoms with van der Waals surface area (Å²) in [5.41, 5.74) is 16.7. The molecule has 226 valence electrons. The lowest BCUT2D eigenvalue weighted by molar-refractivity contribution is 0.660. The van der Waals surface area contributed by atoms with Crippen LogP contribution >= 0.6 is 0 Å². The molecule has 1 nitrogen and oxygen atoms in total. The van der Waals surface area contributed by atoms with Gasteiger partial charge in [-0.25, -0.2) is 0 Å². The Hall–Kier alpha value is -5.40. The summed E-state index contributed by atoms with van der Waals surface area (Å²) in [5.74, 6) is 0. The van der Waals surface area contributed by atoms with Crippen LogP contribution in [0.3, 0.4) is 0 Å². The van der Waals surface area contributed by atoms with Crippen molar-refractivity contribution < 1.29 is 0 Å². The van der Waals surface area contributed by atoms with E-state index in [-0.39, 0.29) is 10.8 Å². The van der Waals surface area contributed by atoms with Gasteiger partial charge in [-0.1, -0.05) is 143 Å². The SMILES string of the molecule is CC1(C)c2ccccc2-c2cc(N(c3cccc(-c4cccc5ccccc45)c3)c3ccc4c(c3)C(C)(C)c3ccccc3-4)ccc21. The van der Waals surface area contributed by atoms with Gasteiger partial charge in [-0.3, -0.25) is 0 Å². The maximum Gasteiger partial charge on any atom is 0.0468 e. The van der Waals surface area contributed by atoms with Gasteiger partial charge in [0.2, 0.25) is 0 Å². The maximum absolute atomic E-state index is 2.46. The van der Waals surface area contributed by atoms with Crippen molar-refractivity contribution in [3.8, 4) is 33.4 Å². The fourth-order valence-electron chi connectivity index (χ4n) is 8.42. The lowest BCUT2D eigenvalue weighted by Crippen LogP contribution is -2.17. The molecule has 1 heteroatoms. The van der Waals surface area contributed by atoms with E-state index in [1.54, 1.807) is 0 Å². The Morgan fingerprint density at radius 3 is 1.70 bits per heavy atom. The third-order valence-electron chi connectivity index (χ3n) is 10.9. The summed E-state index contributed by atoms with van der Waals surface area (Å²) in [6, 6.07) is 56.4. The smallest absolute Gasteiger partial charge is 0.0468 e. The fraction of sp³-hybridized carbons (Fsp3) is 0.130. The molecule has 0 saturated carbocycles. The first-order valence-corrected chi connectivity index (χ1v) is 16.7. The molecular weight excluding hydrogens is 567 g/mol. The molecule has 0 N–H and O–H groups in total. The minimum Gasteiger partial charge on any atom is -0.310 e. The molecule has 7 aromatic carbocycles. The van der Waals surface area contributed by atoms with Gasteiger partial charge in [0.25, 0.3) is 0 Å². The summed E-state index contributed by atoms with van der Waals surface area (Å²) in [6.07, 6.45) is 0. The number of hydrogen-bond acceptors (Lipinski definition) is 1. The van der Waals surface area contributed by atoms with Crippen molar-refractivity contribution in [3.63, 3.8) is 0 Å². The molecule has 0 heterocycles. The highest BCUT2D eigenvalue weighted by molar-refractivity contribution is 5.98. The second-order valence-electron chi connectivity index (χ2n) is 14.2. The van der Waals surface area contributed by atoms with Gasteiger partial charge in [0, 0.05) is 27.9 Å². The van der Waals surface area contributed by atoms with Crippen LogP contribution in [0.2, 0.25) is 0 Å². The molecule has 0 radical (unpaired) electrons. The van der Waals surface area contributed by atoms with Crippen LogP contribution in [0.25, 0.3) is 44.2 Å². The molecule has 0 bridgehead atoms. The zero-order valence-corrected chi connectivity index (χ0v) is 27.4. The third kappa shape index (κ3) is 4.09. The molecule has 2 aliphatic rings. The minimum absolute atomic E-state index is 0.0348. The number of fused-ring (bicyclic) bond motifs is 7. The molecule has 2 aliphatic carbocycles. The van der Waals surface area contributed by atoms with E-state index in [4.69, 9.17) is 0 Å². The van der Waals surface area contributed by atoms with E-state index >= 15 is 0 Å². The van der Waals surface area contributed by atoms with E-state index in [0.717, 1.165) is 5.69 Å². The Labute approximate surface area is 277 Å². The topological polar surface area (TPSA) is 3.24 Å². The van der Waals surface area contributed by atoms with Gasteiger partial charge in [0.05, 0.1) is 0 Å². The average Bonchev–Trinajstić information content (AvgIpc) is 3.47. The molecule has 7 aromatic rings. The summed E-state index contributed by atoms with van der Waals surface area (Å²) in [4.78, 5) is 2.46. The fourth-order valence-corrected chi connectivity index (χ4v) is 8.42. The quantitative estimate of drug-likeness (QED) is 0.193. The van der Waals surface area contributed by atoms with Crippen LogP contribution < -0.4 is 4.90 Å². The van der Waals surface area contributed by atoms with Crippen molar-refractivity contribution in [3.05, 3.63) is 174 Å². The lowest BCUT2D eigenvalue weighted by atomic mass is 9.82. The maximum atomic E-state index is 2.46. The Kier molecular flexibility index (Phi) is 5.96. The first-order chi connectivity index (χ1) is 22.8. The van der Waals surface area contributed by atoms with Gasteiger partial charge in [-0.2, -0.15) is 0 Å². The highest BCUT2D eigenvalue weighted by Gasteiger charge is 2.37. The van der Waals surface area contributed by atoms with Crippen molar-refractivity contribution in [2.24, 2.45) is 0 Å². The molecule has 0 saturated heterocycles. The Bertz CT molecular complexity index is 2370. The van der Waals surface area contributed by atoms with Gasteiger partial charge in [-0.05, 0) is 103 Å². The van der Waals surface area contributed by atoms with E-state index in [1.807, 2.05) is 0 Å². The summed E-state index contributed by atoms with van der Waals surface area (Å²) < 4.78 is 0. The van der Waals surface area contributed by atoms with E-state index < -0.39 is 0 Å². The number of rotatable bonds is 4. The molecule has 0 atom stereocenters. The molecule has 0 amide bonds. The molecule has 0 aromatic heterocycles. The number of anilines is 3. The summed E-state index contributed by atoms with van der Waals surface area (Å²) in [6.45, 7) is 9.43. The van der Waals surface area contributed by atoms with Gasteiger partial charge < -0.3 is 4.90 Å². The molecule has 0 unspecified atom stereocenters. The van der Waals surface area contributed by atoms with Crippen LogP contribution in [0.4, 0.5) is 17.1 Å². The number of nitrogens with zero attached hydrogens (tertiary/aromatic N) is 1. The van der Waals surface area contributed by atoms with Crippen LogP contribution in [0.15, 0.2) is 152 Å². The summed E-state index contributed by atoms with van der Waals surface area (Å²) in [7, 11) is 0. The summed E-state index contributed by atoms with van der Waals surface area (Å²) >= 11 is 0. The van der Waals surface area contributed by atoms with Gasteiger partial charge in [0.15, 0.2) is 0 Å². The highest BCUT2D eigenvalue weighted by Crippen LogP contribution is 2.53. The summed E-state index contributed by atoms with van der Waals surface area (Å²) in [5, 5.41) is 2.53. The van der Waals surface area contributed by atoms with Crippen LogP contribution in [0.5, 0.6) is 0 Å². The molecule has 9 rings (SSSR count). The zero-order chi connectivity index (χ0) is 31.9. The lowest BCUT2D eigenvalue weighted by Gasteiger charge is -2.29. The van der Waals surface area contributed by atoms with E-state index in [1.165, 1.54) is 77.8 Å². The van der Waals surface area contributed by atoms with E-state index in [0.29, 0.717) is 0 Å². The standard InChI is InChI=1S/C46H37N/c1-45(2)42-22-10-8-19-38(42)40-28-33(24-26-43(40)45)47(34-23-25-39-37-18-7-9-21-41(37)46(3,4)44(39)29-34)32-16-11-15-31(27-32)36-20-12-14-30-13-5-6-17-35(30)36/h5-29H,1-4H3.